The van der Waals surface area contributed by atoms with E-state index in [4.69, 9.17) is 18.1 Å². The van der Waals surface area contributed by atoms with Gasteiger partial charge in [0, 0.05) is 58.4 Å². The summed E-state index contributed by atoms with van der Waals surface area (Å²) in [5.74, 6) is 0. The largest absolute Gasteiger partial charge is 0.387 e. The van der Waals surface area contributed by atoms with Gasteiger partial charge in [0.1, 0.15) is 7.85 Å². The van der Waals surface area contributed by atoms with Crippen LogP contribution < -0.4 is 15.3 Å². The van der Waals surface area contributed by atoms with Gasteiger partial charge in [0.15, 0.2) is 0 Å². The third-order valence-corrected chi connectivity index (χ3v) is 30.1. The molecule has 0 atom stereocenters. The zero-order chi connectivity index (χ0) is 96.2. The first-order valence-electron chi connectivity index (χ1n) is 51.1. The third kappa shape index (κ3) is 27.2. The summed E-state index contributed by atoms with van der Waals surface area (Å²) in [7, 11) is 5.98. The standard InChI is InChI=1S/C61H66BrN.C32H26BN.C29H40Br2.C6H14O2/c1-5-7-9-11-13-15-41-61(42-16-14-12-10-8-6-2)59-43-52(31-39-57(59)58-40-32-53(62)44-60(58)61)51-29-37-56(38-30-51)63(54-33-25-49(26-34-54)47-21-17-45(3)18-22-47)55-35-27-50(28-36-55)48-23-19-46(4)20-24-48;1-23-3-7-25(8-4-23)27-11-17-30(18-12-27)34(32-21-15-29(33)16-22-32)31-19-13-28(14-20-31)26-9-5-24(2)6-10-26;1-3-5-7-9-11-13-19-29(20-14-12-10-8-6-4-2)27-21-23(30)15-17-25(27)26-18-16-24(31)22-28(26)29;1-5(2,7)6(3,4)8/h17-40,43-44H,5-16,41-42H2,1-4H3;3-22H,1-2H3;15-18,21-22H,3-14,19-20H2,1-2H3;7-8H,1-4H3. The van der Waals surface area contributed by atoms with E-state index in [1.165, 1.54) is 293 Å². The molecule has 0 aliphatic heterocycles. The Morgan fingerprint density at radius 3 is 0.625 bits per heavy atom. The van der Waals surface area contributed by atoms with Crippen molar-refractivity contribution in [1.29, 1.82) is 0 Å². The third-order valence-electron chi connectivity index (χ3n) is 28.6. The fraction of sp³-hybridized carbons (Fsp3) is 0.344. The number of hydrogen-bond acceptors (Lipinski definition) is 4. The number of aliphatic hydroxyl groups is 2. The van der Waals surface area contributed by atoms with Crippen LogP contribution in [0.4, 0.5) is 34.1 Å². The Morgan fingerprint density at radius 1 is 0.228 bits per heavy atom. The molecule has 8 heteroatoms. The van der Waals surface area contributed by atoms with Gasteiger partial charge in [-0.25, -0.2) is 0 Å². The second-order valence-electron chi connectivity index (χ2n) is 39.6. The van der Waals surface area contributed by atoms with Crippen LogP contribution in [0.1, 0.15) is 280 Å². The lowest BCUT2D eigenvalue weighted by molar-refractivity contribution is -0.107. The van der Waals surface area contributed by atoms with Crippen molar-refractivity contribution >= 4 is 95.2 Å². The fourth-order valence-corrected chi connectivity index (χ4v) is 20.8. The van der Waals surface area contributed by atoms with Crippen LogP contribution in [-0.4, -0.2) is 29.3 Å². The second-order valence-corrected chi connectivity index (χ2v) is 42.4. The molecule has 14 aromatic rings. The van der Waals surface area contributed by atoms with Crippen molar-refractivity contribution in [3.63, 3.8) is 0 Å². The lowest BCUT2D eigenvalue weighted by Crippen LogP contribution is -2.44. The molecule has 0 spiro atoms. The summed E-state index contributed by atoms with van der Waals surface area (Å²) >= 11 is 11.5. The number of anilines is 6. The molecule has 0 saturated heterocycles. The Bertz CT molecular complexity index is 5760. The smallest absolute Gasteiger partial charge is 0.113 e. The van der Waals surface area contributed by atoms with Crippen molar-refractivity contribution < 1.29 is 10.2 Å². The number of fused-ring (bicyclic) bond motifs is 6. The van der Waals surface area contributed by atoms with Crippen molar-refractivity contribution in [1.82, 2.24) is 0 Å². The minimum absolute atomic E-state index is 0.0339. The normalized spacial score (nSPS) is 12.5. The molecular formula is C128H146BBr3N2O2. The highest BCUT2D eigenvalue weighted by atomic mass is 79.9. The summed E-state index contributed by atoms with van der Waals surface area (Å²) < 4.78 is 3.63. The van der Waals surface area contributed by atoms with Crippen LogP contribution in [0.25, 0.3) is 77.9 Å². The molecule has 2 N–H and O–H groups in total. The van der Waals surface area contributed by atoms with Gasteiger partial charge in [-0.3, -0.25) is 0 Å². The molecule has 0 heterocycles. The number of hydrogen-bond donors (Lipinski definition) is 2. The summed E-state index contributed by atoms with van der Waals surface area (Å²) in [6, 6.07) is 116. The number of unbranched alkanes of at least 4 members (excludes halogenated alkanes) is 20. The van der Waals surface area contributed by atoms with Gasteiger partial charge in [0.05, 0.1) is 11.2 Å². The molecule has 0 unspecified atom stereocenters. The highest BCUT2D eigenvalue weighted by Gasteiger charge is 2.44. The van der Waals surface area contributed by atoms with E-state index in [-0.39, 0.29) is 10.8 Å². The zero-order valence-electron chi connectivity index (χ0n) is 83.3. The molecule has 14 aromatic carbocycles. The van der Waals surface area contributed by atoms with E-state index in [2.05, 4.69) is 416 Å². The lowest BCUT2D eigenvalue weighted by Gasteiger charge is -2.33. The minimum Gasteiger partial charge on any atom is -0.387 e. The minimum atomic E-state index is -1.01. The molecule has 2 aliphatic rings. The van der Waals surface area contributed by atoms with Gasteiger partial charge in [-0.05, 0) is 296 Å². The van der Waals surface area contributed by atoms with Crippen LogP contribution >= 0.6 is 47.8 Å². The van der Waals surface area contributed by atoms with Gasteiger partial charge in [-0.15, -0.1) is 0 Å². The quantitative estimate of drug-likeness (QED) is 0.0297. The molecule has 0 saturated carbocycles. The first kappa shape index (κ1) is 103. The Hall–Kier alpha value is -9.90. The molecule has 0 aromatic heterocycles. The van der Waals surface area contributed by atoms with Crippen LogP contribution in [0.3, 0.4) is 0 Å². The van der Waals surface area contributed by atoms with Crippen molar-refractivity contribution in [3.8, 4) is 77.9 Å². The number of aryl methyl sites for hydroxylation is 4. The summed E-state index contributed by atoms with van der Waals surface area (Å²) in [6.45, 7) is 24.1. The summed E-state index contributed by atoms with van der Waals surface area (Å²) in [5.41, 5.74) is 35.1. The number of rotatable bonds is 40. The Labute approximate surface area is 844 Å². The van der Waals surface area contributed by atoms with E-state index in [0.29, 0.717) is 0 Å². The maximum atomic E-state index is 9.10. The van der Waals surface area contributed by atoms with Gasteiger partial charge in [0.25, 0.3) is 0 Å². The van der Waals surface area contributed by atoms with Crippen LogP contribution in [0.2, 0.25) is 0 Å². The molecule has 704 valence electrons. The van der Waals surface area contributed by atoms with Gasteiger partial charge >= 0.3 is 0 Å². The monoisotopic (exact) mass is 1990 g/mol. The van der Waals surface area contributed by atoms with E-state index in [9.17, 15) is 0 Å². The van der Waals surface area contributed by atoms with Crippen LogP contribution in [-0.2, 0) is 10.8 Å². The number of halogens is 3. The average Bonchev–Trinajstić information content (AvgIpc) is 1.57. The lowest BCUT2D eigenvalue weighted by atomic mass is 9.70. The number of nitrogens with zero attached hydrogens (tertiary/aromatic N) is 2. The van der Waals surface area contributed by atoms with Crippen molar-refractivity contribution in [2.75, 3.05) is 9.80 Å². The van der Waals surface area contributed by atoms with Gasteiger partial charge in [-0.1, -0.05) is 457 Å². The van der Waals surface area contributed by atoms with Crippen molar-refractivity contribution in [2.45, 2.75) is 285 Å². The van der Waals surface area contributed by atoms with Gasteiger partial charge in [0.2, 0.25) is 0 Å². The maximum Gasteiger partial charge on any atom is 0.113 e. The van der Waals surface area contributed by atoms with Gasteiger partial charge < -0.3 is 20.0 Å². The van der Waals surface area contributed by atoms with Crippen LogP contribution in [0.15, 0.2) is 329 Å². The molecule has 136 heavy (non-hydrogen) atoms. The molecule has 2 radical (unpaired) electrons. The number of benzene rings is 14. The van der Waals surface area contributed by atoms with Gasteiger partial charge in [-0.2, -0.15) is 0 Å². The fourth-order valence-electron chi connectivity index (χ4n) is 19.8. The van der Waals surface area contributed by atoms with Crippen LogP contribution in [0.5, 0.6) is 0 Å². The topological polar surface area (TPSA) is 46.9 Å². The van der Waals surface area contributed by atoms with E-state index >= 15 is 0 Å². The van der Waals surface area contributed by atoms with E-state index < -0.39 is 11.2 Å². The first-order chi connectivity index (χ1) is 65.8. The molecule has 2 aliphatic carbocycles. The first-order valence-corrected chi connectivity index (χ1v) is 53.4. The van der Waals surface area contributed by atoms with E-state index in [1.54, 1.807) is 49.9 Å². The summed E-state index contributed by atoms with van der Waals surface area (Å²) in [4.78, 5) is 4.65. The molecular weight excluding hydrogens is 1850 g/mol. The Kier molecular flexibility index (Phi) is 38.1. The highest BCUT2D eigenvalue weighted by Crippen LogP contribution is 2.58. The predicted molar refractivity (Wildman–Crippen MR) is 600 cm³/mol. The molecule has 0 bridgehead atoms. The summed E-state index contributed by atoms with van der Waals surface area (Å²) in [5, 5.41) is 18.2. The Balaban J connectivity index is 0.000000180. The van der Waals surface area contributed by atoms with Crippen molar-refractivity contribution in [3.05, 3.63) is 373 Å². The van der Waals surface area contributed by atoms with E-state index in [1.807, 2.05) is 12.1 Å². The predicted octanol–water partition coefficient (Wildman–Crippen LogP) is 38.7. The van der Waals surface area contributed by atoms with E-state index in [0.717, 1.165) is 39.6 Å². The molecule has 0 amide bonds. The average molecular weight is 2000 g/mol. The SMILES string of the molecule is CC(C)(O)C(C)(C)O.CCCCCCCCC1(CCCCCCCC)c2cc(Br)ccc2-c2ccc(-c3ccc(N(c4ccc(-c5ccc(C)cc5)cc4)c4ccc(-c5ccc(C)cc5)cc4)cc3)cc21.CCCCCCCCC1(CCCCCCCC)c2cc(Br)ccc2-c2ccc(Br)cc21.[B]c1ccc(N(c2ccc(-c3ccc(C)cc3)cc2)c2ccc(-c3ccc(C)cc3)cc2)cc1. The highest BCUT2D eigenvalue weighted by molar-refractivity contribution is 9.11. The molecule has 0 fully saturated rings. The maximum absolute atomic E-state index is 9.10. The Morgan fingerprint density at radius 2 is 0.404 bits per heavy atom. The summed E-state index contributed by atoms with van der Waals surface area (Å²) in [6.07, 6.45) is 37.2. The van der Waals surface area contributed by atoms with Crippen molar-refractivity contribution in [2.24, 2.45) is 0 Å². The molecule has 16 rings (SSSR count). The molecule has 4 nitrogen and oxygen atoms in total. The zero-order valence-corrected chi connectivity index (χ0v) is 88.1. The second kappa shape index (κ2) is 50.1. The van der Waals surface area contributed by atoms with Crippen LogP contribution in [0, 0.1) is 27.7 Å².